The van der Waals surface area contributed by atoms with Gasteiger partial charge >= 0.3 is 0 Å². The van der Waals surface area contributed by atoms with Gasteiger partial charge in [-0.05, 0) is 104 Å². The van der Waals surface area contributed by atoms with Gasteiger partial charge in [-0.3, -0.25) is 0 Å². The predicted molar refractivity (Wildman–Crippen MR) is 164 cm³/mol. The molecule has 5 nitrogen and oxygen atoms in total. The highest BCUT2D eigenvalue weighted by Gasteiger charge is 2.27. The van der Waals surface area contributed by atoms with Crippen LogP contribution in [0, 0.1) is 0 Å². The van der Waals surface area contributed by atoms with Crippen LogP contribution in [0.3, 0.4) is 0 Å². The van der Waals surface area contributed by atoms with Crippen molar-refractivity contribution in [2.75, 3.05) is 6.61 Å². The first-order valence-electron chi connectivity index (χ1n) is 13.1. The molecule has 0 saturated heterocycles. The van der Waals surface area contributed by atoms with E-state index in [-0.39, 0.29) is 19.6 Å². The van der Waals surface area contributed by atoms with Crippen molar-refractivity contribution in [1.82, 2.24) is 0 Å². The molecule has 4 aromatic carbocycles. The zero-order valence-corrected chi connectivity index (χ0v) is 26.4. The van der Waals surface area contributed by atoms with E-state index in [1.807, 2.05) is 39.8 Å². The Labute approximate surface area is 252 Å². The molecule has 0 saturated carbocycles. The second-order valence-electron chi connectivity index (χ2n) is 10.7. The molecule has 0 amide bonds. The van der Waals surface area contributed by atoms with E-state index in [0.29, 0.717) is 17.4 Å². The molecule has 1 atom stereocenters. The van der Waals surface area contributed by atoms with Crippen LogP contribution in [0.1, 0.15) is 45.2 Å². The SMILES string of the molecule is CCC(C)(COc1ccc(S(=O)(=O)c2ccc(C(C)(C)Cl)cc2)cc1)c1ccc(S(=O)(=O)c2ccc(Cl)cc2)cc1. The molecule has 0 spiro atoms. The predicted octanol–water partition coefficient (Wildman–Crippen LogP) is 8.23. The van der Waals surface area contributed by atoms with Crippen LogP contribution < -0.4 is 4.74 Å². The van der Waals surface area contributed by atoms with Gasteiger partial charge in [0.25, 0.3) is 0 Å². The summed E-state index contributed by atoms with van der Waals surface area (Å²) in [5.41, 5.74) is 1.35. The van der Waals surface area contributed by atoms with Crippen LogP contribution in [0.15, 0.2) is 117 Å². The van der Waals surface area contributed by atoms with Crippen molar-refractivity contribution in [3.63, 3.8) is 0 Å². The minimum Gasteiger partial charge on any atom is -0.493 e. The minimum absolute atomic E-state index is 0.165. The quantitative estimate of drug-likeness (QED) is 0.165. The Balaban J connectivity index is 1.47. The molecule has 4 aromatic rings. The molecule has 1 unspecified atom stereocenters. The third kappa shape index (κ3) is 6.81. The van der Waals surface area contributed by atoms with Gasteiger partial charge in [0.2, 0.25) is 19.7 Å². The second kappa shape index (κ2) is 11.8. The van der Waals surface area contributed by atoms with Crippen LogP contribution >= 0.6 is 23.2 Å². The van der Waals surface area contributed by atoms with E-state index < -0.39 is 30.0 Å². The van der Waals surface area contributed by atoms with Crippen molar-refractivity contribution in [3.8, 4) is 5.75 Å². The Hall–Kier alpha value is -2.84. The molecule has 0 aliphatic heterocycles. The van der Waals surface area contributed by atoms with Crippen molar-refractivity contribution in [2.24, 2.45) is 0 Å². The fraction of sp³-hybridized carbons (Fsp3) is 0.250. The summed E-state index contributed by atoms with van der Waals surface area (Å²) in [6, 6.07) is 25.8. The van der Waals surface area contributed by atoms with E-state index in [4.69, 9.17) is 27.9 Å². The molecule has 0 bridgehead atoms. The molecule has 0 aromatic heterocycles. The van der Waals surface area contributed by atoms with Gasteiger partial charge in [-0.1, -0.05) is 49.7 Å². The molecule has 9 heteroatoms. The van der Waals surface area contributed by atoms with Crippen LogP contribution in [-0.4, -0.2) is 23.4 Å². The molecular weight excluding hydrogens is 599 g/mol. The van der Waals surface area contributed by atoms with Gasteiger partial charge in [-0.2, -0.15) is 0 Å². The molecule has 0 radical (unpaired) electrons. The first-order valence-corrected chi connectivity index (χ1v) is 16.8. The lowest BCUT2D eigenvalue weighted by molar-refractivity contribution is 0.222. The molecule has 41 heavy (non-hydrogen) atoms. The van der Waals surface area contributed by atoms with Gasteiger partial charge in [0.15, 0.2) is 0 Å². The van der Waals surface area contributed by atoms with E-state index in [2.05, 4.69) is 0 Å². The van der Waals surface area contributed by atoms with Gasteiger partial charge in [-0.15, -0.1) is 11.6 Å². The van der Waals surface area contributed by atoms with Gasteiger partial charge in [0.1, 0.15) is 5.75 Å². The number of ether oxygens (including phenoxy) is 1. The number of sulfone groups is 2. The summed E-state index contributed by atoms with van der Waals surface area (Å²) in [5.74, 6) is 0.532. The number of hydrogen-bond donors (Lipinski definition) is 0. The lowest BCUT2D eigenvalue weighted by Crippen LogP contribution is -2.29. The van der Waals surface area contributed by atoms with E-state index >= 15 is 0 Å². The highest BCUT2D eigenvalue weighted by molar-refractivity contribution is 7.91. The van der Waals surface area contributed by atoms with E-state index in [0.717, 1.165) is 17.5 Å². The number of halogens is 2. The van der Waals surface area contributed by atoms with Crippen molar-refractivity contribution < 1.29 is 21.6 Å². The molecule has 4 rings (SSSR count). The Morgan fingerprint density at radius 2 is 0.976 bits per heavy atom. The molecule has 0 fully saturated rings. The average Bonchev–Trinajstić information content (AvgIpc) is 2.96. The summed E-state index contributed by atoms with van der Waals surface area (Å²) in [5, 5.41) is 0.468. The highest BCUT2D eigenvalue weighted by atomic mass is 35.5. The zero-order valence-electron chi connectivity index (χ0n) is 23.3. The van der Waals surface area contributed by atoms with Gasteiger partial charge in [0.05, 0.1) is 31.1 Å². The van der Waals surface area contributed by atoms with Gasteiger partial charge in [-0.25, -0.2) is 16.8 Å². The fourth-order valence-electron chi connectivity index (χ4n) is 4.30. The van der Waals surface area contributed by atoms with Crippen molar-refractivity contribution in [1.29, 1.82) is 0 Å². The van der Waals surface area contributed by atoms with Crippen LogP contribution in [0.2, 0.25) is 5.02 Å². The first-order chi connectivity index (χ1) is 19.2. The van der Waals surface area contributed by atoms with Crippen LogP contribution in [0.25, 0.3) is 0 Å². The van der Waals surface area contributed by atoms with Crippen molar-refractivity contribution >= 4 is 42.9 Å². The third-order valence-corrected chi connectivity index (χ3v) is 11.3. The lowest BCUT2D eigenvalue weighted by atomic mass is 9.81. The van der Waals surface area contributed by atoms with Crippen molar-refractivity contribution in [3.05, 3.63) is 113 Å². The monoisotopic (exact) mass is 630 g/mol. The Bertz CT molecular complexity index is 1710. The maximum Gasteiger partial charge on any atom is 0.206 e. The smallest absolute Gasteiger partial charge is 0.206 e. The summed E-state index contributed by atoms with van der Waals surface area (Å²) < 4.78 is 58.4. The van der Waals surface area contributed by atoms with E-state index in [9.17, 15) is 16.8 Å². The molecule has 0 N–H and O–H groups in total. The topological polar surface area (TPSA) is 77.5 Å². The van der Waals surface area contributed by atoms with Crippen LogP contribution in [-0.2, 0) is 30.0 Å². The number of benzene rings is 4. The van der Waals surface area contributed by atoms with E-state index in [1.54, 1.807) is 60.7 Å². The molecule has 0 aliphatic rings. The van der Waals surface area contributed by atoms with Crippen molar-refractivity contribution in [2.45, 2.75) is 64.0 Å². The molecule has 0 aliphatic carbocycles. The van der Waals surface area contributed by atoms with E-state index in [1.165, 1.54) is 24.3 Å². The fourth-order valence-corrected chi connectivity index (χ4v) is 7.07. The number of rotatable bonds is 10. The molecule has 0 heterocycles. The normalized spacial score (nSPS) is 13.9. The standard InChI is InChI=1S/C32H32Cl2O5S2/c1-5-32(4,24-8-16-28(17-9-24)40(35,36)29-18-10-25(33)11-19-29)22-39-26-12-20-30(21-13-26)41(37,38)27-14-6-23(7-15-27)31(2,3)34/h6-21H,5,22H2,1-4H3. The lowest BCUT2D eigenvalue weighted by Gasteiger charge is -2.29. The summed E-state index contributed by atoms with van der Waals surface area (Å²) in [6.45, 7) is 8.09. The largest absolute Gasteiger partial charge is 0.493 e. The third-order valence-electron chi connectivity index (χ3n) is 7.31. The molecule has 216 valence electrons. The number of alkyl halides is 1. The minimum atomic E-state index is -3.70. The maximum atomic E-state index is 13.1. The second-order valence-corrected chi connectivity index (χ2v) is 15.9. The summed E-state index contributed by atoms with van der Waals surface area (Å²) in [4.78, 5) is 0.138. The average molecular weight is 632 g/mol. The van der Waals surface area contributed by atoms with Crippen LogP contribution in [0.5, 0.6) is 5.75 Å². The van der Waals surface area contributed by atoms with Gasteiger partial charge in [0, 0.05) is 10.4 Å². The Morgan fingerprint density at radius 3 is 1.37 bits per heavy atom. The summed E-state index contributed by atoms with van der Waals surface area (Å²) in [7, 11) is -7.37. The zero-order chi connectivity index (χ0) is 30.1. The highest BCUT2D eigenvalue weighted by Crippen LogP contribution is 2.33. The van der Waals surface area contributed by atoms with Gasteiger partial charge < -0.3 is 4.74 Å². The number of hydrogen-bond acceptors (Lipinski definition) is 5. The van der Waals surface area contributed by atoms with Crippen LogP contribution in [0.4, 0.5) is 0 Å². The first kappa shape index (κ1) is 31.1. The Kier molecular flexibility index (Phi) is 8.95. The maximum absolute atomic E-state index is 13.1. The Morgan fingerprint density at radius 1 is 0.610 bits per heavy atom. The summed E-state index contributed by atoms with van der Waals surface area (Å²) in [6.07, 6.45) is 0.734. The molecular formula is C32H32Cl2O5S2. The summed E-state index contributed by atoms with van der Waals surface area (Å²) >= 11 is 12.2.